The van der Waals surface area contributed by atoms with Crippen LogP contribution in [0.25, 0.3) is 21.7 Å². The predicted octanol–water partition coefficient (Wildman–Crippen LogP) is 5.06. The Morgan fingerprint density at radius 3 is 2.58 bits per heavy atom. The molecule has 3 aromatic carbocycles. The maximum absolute atomic E-state index is 13.8. The summed E-state index contributed by atoms with van der Waals surface area (Å²) < 4.78 is 16.7. The van der Waals surface area contributed by atoms with E-state index in [0.29, 0.717) is 47.4 Å². The number of nitrogens with one attached hydrogen (secondary N) is 2. The van der Waals surface area contributed by atoms with Crippen LogP contribution in [-0.4, -0.2) is 33.1 Å². The molecule has 40 heavy (non-hydrogen) atoms. The van der Waals surface area contributed by atoms with Crippen molar-refractivity contribution in [3.8, 4) is 5.75 Å². The van der Waals surface area contributed by atoms with Crippen molar-refractivity contribution in [2.75, 3.05) is 16.8 Å². The molecule has 0 saturated heterocycles. The summed E-state index contributed by atoms with van der Waals surface area (Å²) in [7, 11) is -4.83. The minimum atomic E-state index is -4.83. The van der Waals surface area contributed by atoms with Gasteiger partial charge in [-0.2, -0.15) is 0 Å². The van der Waals surface area contributed by atoms with Gasteiger partial charge in [0.25, 0.3) is 11.8 Å². The predicted molar refractivity (Wildman–Crippen MR) is 153 cm³/mol. The highest BCUT2D eigenvalue weighted by molar-refractivity contribution is 7.46. The van der Waals surface area contributed by atoms with Gasteiger partial charge < -0.3 is 25.5 Å². The Kier molecular flexibility index (Phi) is 6.26. The molecular formula is C29H27N4O6P. The Labute approximate surface area is 229 Å². The number of benzene rings is 3. The molecule has 204 valence electrons. The van der Waals surface area contributed by atoms with Crippen LogP contribution < -0.4 is 20.5 Å². The van der Waals surface area contributed by atoms with Gasteiger partial charge in [0, 0.05) is 51.8 Å². The highest BCUT2D eigenvalue weighted by Gasteiger charge is 2.34. The lowest BCUT2D eigenvalue weighted by Crippen LogP contribution is -2.29. The maximum Gasteiger partial charge on any atom is 0.524 e. The minimum Gasteiger partial charge on any atom is -0.404 e. The smallest absolute Gasteiger partial charge is 0.404 e. The Hall–Kier alpha value is -4.37. The first kappa shape index (κ1) is 25.9. The quantitative estimate of drug-likeness (QED) is 0.214. The van der Waals surface area contributed by atoms with Crippen molar-refractivity contribution in [1.82, 2.24) is 4.98 Å². The van der Waals surface area contributed by atoms with E-state index in [9.17, 15) is 23.9 Å². The van der Waals surface area contributed by atoms with Crippen molar-refractivity contribution < 1.29 is 28.5 Å². The van der Waals surface area contributed by atoms with Gasteiger partial charge in [-0.05, 0) is 54.1 Å². The van der Waals surface area contributed by atoms with Gasteiger partial charge in [0.1, 0.15) is 11.4 Å². The number of allylic oxidation sites excluding steroid dienone is 3. The molecule has 0 bridgehead atoms. The van der Waals surface area contributed by atoms with Crippen molar-refractivity contribution in [1.29, 1.82) is 0 Å². The number of phosphoric acid groups is 1. The molecule has 0 saturated carbocycles. The number of nitrogens with two attached hydrogens (primary N) is 1. The number of carbonyl (C=O) groups is 2. The summed E-state index contributed by atoms with van der Waals surface area (Å²) in [5.41, 5.74) is 10.3. The van der Waals surface area contributed by atoms with E-state index in [2.05, 4.69) is 10.3 Å². The molecule has 10 nitrogen and oxygen atoms in total. The number of carbonyl (C=O) groups excluding carboxylic acids is 2. The lowest BCUT2D eigenvalue weighted by atomic mass is 9.95. The van der Waals surface area contributed by atoms with Gasteiger partial charge in [-0.15, -0.1) is 0 Å². The van der Waals surface area contributed by atoms with Gasteiger partial charge in [0.2, 0.25) is 0 Å². The van der Waals surface area contributed by atoms with Crippen LogP contribution in [0.15, 0.2) is 78.0 Å². The molecule has 2 aliphatic rings. The zero-order chi connectivity index (χ0) is 28.2. The topological polar surface area (TPSA) is 158 Å². The monoisotopic (exact) mass is 558 g/mol. The van der Waals surface area contributed by atoms with Gasteiger partial charge in [0.05, 0.1) is 5.69 Å². The molecule has 1 aromatic heterocycles. The van der Waals surface area contributed by atoms with Gasteiger partial charge in [-0.3, -0.25) is 19.4 Å². The van der Waals surface area contributed by atoms with E-state index in [1.54, 1.807) is 53.5 Å². The third kappa shape index (κ3) is 4.77. The van der Waals surface area contributed by atoms with E-state index in [-0.39, 0.29) is 23.5 Å². The van der Waals surface area contributed by atoms with E-state index < -0.39 is 7.82 Å². The van der Waals surface area contributed by atoms with Gasteiger partial charge >= 0.3 is 7.82 Å². The SMILES string of the molecule is C[C@@H]1CN(C(=O)c2cc3cc(NC(=O)C4=CC=C(N)CC4)ccc3[nH]2)c2cc(OP(=O)(O)O)c3ccccc3c21. The lowest BCUT2D eigenvalue weighted by Gasteiger charge is -2.19. The summed E-state index contributed by atoms with van der Waals surface area (Å²) >= 11 is 0. The third-order valence-electron chi connectivity index (χ3n) is 7.31. The number of hydrogen-bond acceptors (Lipinski definition) is 5. The summed E-state index contributed by atoms with van der Waals surface area (Å²) in [6.07, 6.45) is 4.69. The average molecular weight is 559 g/mol. The fraction of sp³-hybridized carbons (Fsp3) is 0.172. The first-order valence-electron chi connectivity index (χ1n) is 12.8. The van der Waals surface area contributed by atoms with Crippen molar-refractivity contribution in [3.05, 3.63) is 89.3 Å². The number of aromatic amines is 1. The normalized spacial score (nSPS) is 17.0. The number of rotatable bonds is 5. The number of aromatic nitrogens is 1. The molecule has 1 aliphatic heterocycles. The summed E-state index contributed by atoms with van der Waals surface area (Å²) in [5.74, 6) is -0.490. The molecule has 2 amide bonds. The van der Waals surface area contributed by atoms with Crippen LogP contribution in [0.5, 0.6) is 5.75 Å². The van der Waals surface area contributed by atoms with Crippen LogP contribution in [0.1, 0.15) is 41.7 Å². The average Bonchev–Trinajstić information content (AvgIpc) is 3.48. The zero-order valence-corrected chi connectivity index (χ0v) is 22.4. The van der Waals surface area contributed by atoms with Gasteiger partial charge in [-0.25, -0.2) is 4.57 Å². The lowest BCUT2D eigenvalue weighted by molar-refractivity contribution is -0.113. The fourth-order valence-corrected chi connectivity index (χ4v) is 5.88. The molecule has 0 spiro atoms. The van der Waals surface area contributed by atoms with E-state index in [0.717, 1.165) is 27.5 Å². The highest BCUT2D eigenvalue weighted by Crippen LogP contribution is 2.49. The zero-order valence-electron chi connectivity index (χ0n) is 21.5. The second-order valence-electron chi connectivity index (χ2n) is 10.1. The van der Waals surface area contributed by atoms with E-state index in [1.165, 1.54) is 6.07 Å². The summed E-state index contributed by atoms with van der Waals surface area (Å²) in [5, 5.41) is 5.00. The summed E-state index contributed by atoms with van der Waals surface area (Å²) in [4.78, 5) is 50.2. The Balaban J connectivity index is 1.32. The second kappa shape index (κ2) is 9.67. The molecule has 4 aromatic rings. The molecule has 6 rings (SSSR count). The largest absolute Gasteiger partial charge is 0.524 e. The number of nitrogens with zero attached hydrogens (tertiary/aromatic N) is 1. The van der Waals surface area contributed by atoms with Crippen molar-refractivity contribution in [2.45, 2.75) is 25.7 Å². The standard InChI is InChI=1S/C29H27N4O6P/c1-16-15-33(25-14-26(39-40(36,37)38)21-4-2-3-5-22(21)27(16)25)29(35)24-13-18-12-20(10-11-23(18)32-24)31-28(34)17-6-8-19(30)9-7-17/h2-6,8,10-14,16,32H,7,9,15,30H2,1H3,(H,31,34)(H2,36,37,38)/t16-/m1/s1. The molecule has 2 heterocycles. The fourth-order valence-electron chi connectivity index (χ4n) is 5.48. The van der Waals surface area contributed by atoms with E-state index >= 15 is 0 Å². The molecule has 6 N–H and O–H groups in total. The van der Waals surface area contributed by atoms with Gasteiger partial charge in [-0.1, -0.05) is 37.3 Å². The van der Waals surface area contributed by atoms with E-state index in [1.807, 2.05) is 19.1 Å². The number of fused-ring (bicyclic) bond motifs is 4. The minimum absolute atomic E-state index is 0.0119. The van der Waals surface area contributed by atoms with Crippen LogP contribution >= 0.6 is 7.82 Å². The molecule has 0 radical (unpaired) electrons. The third-order valence-corrected chi connectivity index (χ3v) is 7.75. The van der Waals surface area contributed by atoms with Crippen LogP contribution in [0.2, 0.25) is 0 Å². The number of amides is 2. The molecule has 0 unspecified atom stereocenters. The molecular weight excluding hydrogens is 531 g/mol. The van der Waals surface area contributed by atoms with Crippen molar-refractivity contribution in [3.63, 3.8) is 0 Å². The van der Waals surface area contributed by atoms with E-state index in [4.69, 9.17) is 10.3 Å². The highest BCUT2D eigenvalue weighted by atomic mass is 31.2. The van der Waals surface area contributed by atoms with Crippen LogP contribution in [-0.2, 0) is 9.36 Å². The van der Waals surface area contributed by atoms with Crippen molar-refractivity contribution in [2.24, 2.45) is 5.73 Å². The molecule has 0 fully saturated rings. The maximum atomic E-state index is 13.8. The Bertz CT molecular complexity index is 1820. The van der Waals surface area contributed by atoms with Gasteiger partial charge in [0.15, 0.2) is 0 Å². The number of phosphoric ester groups is 1. The molecule has 11 heteroatoms. The number of anilines is 2. The summed E-state index contributed by atoms with van der Waals surface area (Å²) in [6.45, 7) is 2.40. The Morgan fingerprint density at radius 2 is 1.85 bits per heavy atom. The Morgan fingerprint density at radius 1 is 1.07 bits per heavy atom. The number of hydrogen-bond donors (Lipinski definition) is 5. The number of H-pyrrole nitrogens is 1. The van der Waals surface area contributed by atoms with Crippen LogP contribution in [0, 0.1) is 0 Å². The van der Waals surface area contributed by atoms with Crippen molar-refractivity contribution >= 4 is 52.7 Å². The molecule has 1 aliphatic carbocycles. The second-order valence-corrected chi connectivity index (χ2v) is 11.3. The summed E-state index contributed by atoms with van der Waals surface area (Å²) in [6, 6.07) is 15.8. The first-order chi connectivity index (χ1) is 19.1. The molecule has 1 atom stereocenters. The van der Waals surface area contributed by atoms with Crippen LogP contribution in [0.3, 0.4) is 0 Å². The first-order valence-corrected chi connectivity index (χ1v) is 14.3. The van der Waals surface area contributed by atoms with Crippen LogP contribution in [0.4, 0.5) is 11.4 Å².